The van der Waals surface area contributed by atoms with Gasteiger partial charge >= 0.3 is 0 Å². The van der Waals surface area contributed by atoms with Gasteiger partial charge in [0.25, 0.3) is 5.56 Å². The summed E-state index contributed by atoms with van der Waals surface area (Å²) >= 11 is 6.46. The predicted octanol–water partition coefficient (Wildman–Crippen LogP) is 5.04. The molecule has 10 heteroatoms. The first-order valence-corrected chi connectivity index (χ1v) is 12.4. The first-order valence-electron chi connectivity index (χ1n) is 12.0. The van der Waals surface area contributed by atoms with Crippen molar-refractivity contribution in [1.29, 1.82) is 0 Å². The second-order valence-electron chi connectivity index (χ2n) is 10.4. The summed E-state index contributed by atoms with van der Waals surface area (Å²) in [5.74, 6) is 0.324. The molecule has 0 fully saturated rings. The van der Waals surface area contributed by atoms with E-state index in [1.54, 1.807) is 27.6 Å². The monoisotopic (exact) mass is 509 g/mol. The van der Waals surface area contributed by atoms with Gasteiger partial charge in [0.05, 0.1) is 16.4 Å². The predicted molar refractivity (Wildman–Crippen MR) is 140 cm³/mol. The van der Waals surface area contributed by atoms with Crippen molar-refractivity contribution in [1.82, 2.24) is 29.6 Å². The molecule has 0 unspecified atom stereocenters. The molecule has 1 aliphatic heterocycles. The quantitative estimate of drug-likeness (QED) is 0.401. The molecule has 5 rings (SSSR count). The van der Waals surface area contributed by atoms with Gasteiger partial charge in [-0.25, -0.2) is 23.7 Å². The number of halogens is 2. The smallest absolute Gasteiger partial charge is 0.278 e. The van der Waals surface area contributed by atoms with Gasteiger partial charge in [-0.2, -0.15) is 4.98 Å². The number of hydrogen-bond donors (Lipinski definition) is 2. The molecule has 188 valence electrons. The highest BCUT2D eigenvalue weighted by Gasteiger charge is 2.24. The van der Waals surface area contributed by atoms with Crippen LogP contribution in [0, 0.1) is 5.82 Å². The average Bonchev–Trinajstić information content (AvgIpc) is 3.11. The van der Waals surface area contributed by atoms with Crippen molar-refractivity contribution in [3.8, 4) is 5.82 Å². The molecule has 0 radical (unpaired) electrons. The van der Waals surface area contributed by atoms with Crippen molar-refractivity contribution in [3.05, 3.63) is 68.5 Å². The van der Waals surface area contributed by atoms with Gasteiger partial charge in [-0.15, -0.1) is 0 Å². The van der Waals surface area contributed by atoms with E-state index in [0.29, 0.717) is 39.8 Å². The van der Waals surface area contributed by atoms with Crippen molar-refractivity contribution in [3.63, 3.8) is 0 Å². The molecule has 1 aliphatic rings. The number of hydrogen-bond acceptors (Lipinski definition) is 6. The SMILES string of the molecule is CC(C)n1c(=O)c2cnc(Nc3cc4c(cc3F)CNCC4)nc2n1-c1ccc(Cl)c(C(C)(C)C)n1. The standard InChI is InChI=1S/C26H29ClFN7O/c1-14(2)34-24(36)17-13-30-25(31-20-11-15-8-9-29-12-16(15)10-19(20)28)33-23(17)35(34)21-7-6-18(27)22(32-21)26(3,4)5/h6-7,10-11,13-14,29H,8-9,12H2,1-5H3,(H,30,31,33). The van der Waals surface area contributed by atoms with Crippen LogP contribution in [0.25, 0.3) is 16.9 Å². The Morgan fingerprint density at radius 3 is 2.67 bits per heavy atom. The van der Waals surface area contributed by atoms with Crippen LogP contribution >= 0.6 is 11.6 Å². The third-order valence-electron chi connectivity index (χ3n) is 6.29. The lowest BCUT2D eigenvalue weighted by atomic mass is 9.91. The van der Waals surface area contributed by atoms with E-state index in [4.69, 9.17) is 16.6 Å². The maximum absolute atomic E-state index is 14.9. The van der Waals surface area contributed by atoms with Gasteiger partial charge < -0.3 is 10.6 Å². The van der Waals surface area contributed by atoms with Crippen LogP contribution in [0.3, 0.4) is 0 Å². The summed E-state index contributed by atoms with van der Waals surface area (Å²) in [6.45, 7) is 11.4. The van der Waals surface area contributed by atoms with E-state index < -0.39 is 0 Å². The highest BCUT2D eigenvalue weighted by atomic mass is 35.5. The van der Waals surface area contributed by atoms with Crippen LogP contribution in [-0.4, -0.2) is 30.9 Å². The van der Waals surface area contributed by atoms with Crippen molar-refractivity contribution < 1.29 is 4.39 Å². The molecule has 2 N–H and O–H groups in total. The minimum Gasteiger partial charge on any atom is -0.322 e. The zero-order valence-electron chi connectivity index (χ0n) is 21.0. The van der Waals surface area contributed by atoms with E-state index in [1.165, 1.54) is 6.20 Å². The summed E-state index contributed by atoms with van der Waals surface area (Å²) in [6, 6.07) is 6.72. The Bertz CT molecular complexity index is 1530. The third kappa shape index (κ3) is 4.26. The van der Waals surface area contributed by atoms with Gasteiger partial charge in [-0.3, -0.25) is 4.79 Å². The molecular weight excluding hydrogens is 481 g/mol. The fourth-order valence-electron chi connectivity index (χ4n) is 4.54. The van der Waals surface area contributed by atoms with Crippen LogP contribution in [0.1, 0.15) is 57.5 Å². The minimum absolute atomic E-state index is 0.176. The number of fused-ring (bicyclic) bond motifs is 2. The molecule has 36 heavy (non-hydrogen) atoms. The van der Waals surface area contributed by atoms with E-state index in [9.17, 15) is 9.18 Å². The van der Waals surface area contributed by atoms with Crippen molar-refractivity contribution in [2.45, 2.75) is 59.0 Å². The number of nitrogens with one attached hydrogen (secondary N) is 2. The van der Waals surface area contributed by atoms with Gasteiger partial charge in [-0.05, 0) is 62.2 Å². The first kappa shape index (κ1) is 24.4. The molecule has 8 nitrogen and oxygen atoms in total. The molecule has 0 aliphatic carbocycles. The average molecular weight is 510 g/mol. The minimum atomic E-state index is -0.382. The normalized spacial score (nSPS) is 13.9. The Morgan fingerprint density at radius 2 is 1.94 bits per heavy atom. The summed E-state index contributed by atoms with van der Waals surface area (Å²) in [4.78, 5) is 27.1. The lowest BCUT2D eigenvalue weighted by molar-refractivity contribution is 0.469. The largest absolute Gasteiger partial charge is 0.322 e. The fourth-order valence-corrected chi connectivity index (χ4v) is 4.93. The lowest BCUT2D eigenvalue weighted by Gasteiger charge is -2.21. The molecular formula is C26H29ClFN7O. The number of benzene rings is 1. The summed E-state index contributed by atoms with van der Waals surface area (Å²) in [5.41, 5.74) is 2.89. The Balaban J connectivity index is 1.66. The van der Waals surface area contributed by atoms with E-state index in [-0.39, 0.29) is 28.8 Å². The van der Waals surface area contributed by atoms with Crippen LogP contribution < -0.4 is 16.2 Å². The Kier molecular flexibility index (Phi) is 6.08. The topological polar surface area (TPSA) is 89.7 Å². The maximum atomic E-state index is 14.9. The number of rotatable bonds is 4. The molecule has 4 aromatic rings. The molecule has 0 saturated heterocycles. The van der Waals surface area contributed by atoms with Crippen LogP contribution in [0.2, 0.25) is 5.02 Å². The first-order chi connectivity index (χ1) is 17.0. The van der Waals surface area contributed by atoms with E-state index in [2.05, 4.69) is 20.6 Å². The summed E-state index contributed by atoms with van der Waals surface area (Å²) in [5, 5.41) is 7.16. The van der Waals surface area contributed by atoms with Crippen LogP contribution in [-0.2, 0) is 18.4 Å². The van der Waals surface area contributed by atoms with Crippen LogP contribution in [0.15, 0.2) is 35.3 Å². The highest BCUT2D eigenvalue weighted by Crippen LogP contribution is 2.30. The zero-order chi connectivity index (χ0) is 25.8. The van der Waals surface area contributed by atoms with E-state index in [1.807, 2.05) is 40.7 Å². The van der Waals surface area contributed by atoms with E-state index >= 15 is 0 Å². The Morgan fingerprint density at radius 1 is 1.17 bits per heavy atom. The second-order valence-corrected chi connectivity index (χ2v) is 10.8. The second kappa shape index (κ2) is 8.97. The van der Waals surface area contributed by atoms with Gasteiger partial charge in [0.1, 0.15) is 11.2 Å². The van der Waals surface area contributed by atoms with Crippen molar-refractivity contribution >= 4 is 34.3 Å². The Labute approximate surface area is 213 Å². The molecule has 0 spiro atoms. The van der Waals surface area contributed by atoms with Gasteiger partial charge in [-0.1, -0.05) is 32.4 Å². The maximum Gasteiger partial charge on any atom is 0.278 e. The number of nitrogens with zero attached hydrogens (tertiary/aromatic N) is 5. The van der Waals surface area contributed by atoms with Crippen molar-refractivity contribution in [2.24, 2.45) is 0 Å². The summed E-state index contributed by atoms with van der Waals surface area (Å²) < 4.78 is 18.1. The Hall–Kier alpha value is -3.30. The van der Waals surface area contributed by atoms with Crippen LogP contribution in [0.5, 0.6) is 0 Å². The number of aromatic nitrogens is 5. The van der Waals surface area contributed by atoms with E-state index in [0.717, 1.165) is 24.1 Å². The fraction of sp³-hybridized carbons (Fsp3) is 0.385. The third-order valence-corrected chi connectivity index (χ3v) is 6.60. The molecule has 1 aromatic carbocycles. The summed E-state index contributed by atoms with van der Waals surface area (Å²) in [6.07, 6.45) is 2.29. The number of anilines is 2. The highest BCUT2D eigenvalue weighted by molar-refractivity contribution is 6.31. The molecule has 0 atom stereocenters. The van der Waals surface area contributed by atoms with Crippen molar-refractivity contribution in [2.75, 3.05) is 11.9 Å². The molecule has 0 bridgehead atoms. The van der Waals surface area contributed by atoms with Gasteiger partial charge in [0.15, 0.2) is 11.5 Å². The van der Waals surface area contributed by atoms with Crippen LogP contribution in [0.4, 0.5) is 16.0 Å². The zero-order valence-corrected chi connectivity index (χ0v) is 21.7. The van der Waals surface area contributed by atoms with Gasteiger partial charge in [0.2, 0.25) is 5.95 Å². The number of pyridine rings is 1. The molecule has 0 saturated carbocycles. The summed E-state index contributed by atoms with van der Waals surface area (Å²) in [7, 11) is 0. The van der Waals surface area contributed by atoms with Gasteiger partial charge in [0, 0.05) is 24.2 Å². The molecule has 3 aromatic heterocycles. The lowest BCUT2D eigenvalue weighted by Crippen LogP contribution is -2.25. The molecule has 4 heterocycles. The molecule has 0 amide bonds.